The number of esters is 1. The van der Waals surface area contributed by atoms with Gasteiger partial charge in [-0.15, -0.1) is 0 Å². The highest BCUT2D eigenvalue weighted by Crippen LogP contribution is 2.25. The largest absolute Gasteiger partial charge is 0.469 e. The van der Waals surface area contributed by atoms with E-state index in [1.807, 2.05) is 0 Å². The van der Waals surface area contributed by atoms with Crippen LogP contribution in [-0.4, -0.2) is 50.3 Å². The van der Waals surface area contributed by atoms with Crippen LogP contribution in [0.1, 0.15) is 27.2 Å². The molecule has 1 fully saturated rings. The molecule has 2 atom stereocenters. The van der Waals surface area contributed by atoms with Gasteiger partial charge in [-0.2, -0.15) is 0 Å². The van der Waals surface area contributed by atoms with E-state index in [1.54, 1.807) is 7.11 Å². The van der Waals surface area contributed by atoms with E-state index >= 15 is 0 Å². The second kappa shape index (κ2) is 5.83. The highest BCUT2D eigenvalue weighted by molar-refractivity contribution is 5.73. The summed E-state index contributed by atoms with van der Waals surface area (Å²) >= 11 is 0. The lowest BCUT2D eigenvalue weighted by Gasteiger charge is -2.26. The molecule has 0 aromatic carbocycles. The third-order valence-corrected chi connectivity index (χ3v) is 3.77. The molecule has 4 heteroatoms. The SMILES string of the molecule is COC(=O)C1CN(CCC(C)(C)OC)CC1C. The topological polar surface area (TPSA) is 38.8 Å². The van der Waals surface area contributed by atoms with Crippen LogP contribution in [0.15, 0.2) is 0 Å². The van der Waals surface area contributed by atoms with Crippen molar-refractivity contribution in [2.24, 2.45) is 11.8 Å². The molecule has 1 rings (SSSR count). The fourth-order valence-corrected chi connectivity index (χ4v) is 2.24. The molecule has 1 saturated heterocycles. The van der Waals surface area contributed by atoms with Crippen molar-refractivity contribution < 1.29 is 14.3 Å². The summed E-state index contributed by atoms with van der Waals surface area (Å²) in [7, 11) is 3.20. The normalized spacial score (nSPS) is 26.2. The van der Waals surface area contributed by atoms with E-state index in [4.69, 9.17) is 9.47 Å². The lowest BCUT2D eigenvalue weighted by Crippen LogP contribution is -2.31. The zero-order valence-corrected chi connectivity index (χ0v) is 11.7. The summed E-state index contributed by atoms with van der Waals surface area (Å²) in [6.07, 6.45) is 0.976. The summed E-state index contributed by atoms with van der Waals surface area (Å²) in [4.78, 5) is 13.9. The maximum atomic E-state index is 11.6. The summed E-state index contributed by atoms with van der Waals surface area (Å²) in [5, 5.41) is 0. The van der Waals surface area contributed by atoms with Crippen LogP contribution in [0.4, 0.5) is 0 Å². The molecular weight excluding hydrogens is 218 g/mol. The minimum Gasteiger partial charge on any atom is -0.469 e. The minimum absolute atomic E-state index is 0.0330. The summed E-state index contributed by atoms with van der Waals surface area (Å²) < 4.78 is 10.2. The Morgan fingerprint density at radius 3 is 2.53 bits per heavy atom. The van der Waals surface area contributed by atoms with Gasteiger partial charge in [0.15, 0.2) is 0 Å². The van der Waals surface area contributed by atoms with Crippen molar-refractivity contribution in [2.45, 2.75) is 32.8 Å². The van der Waals surface area contributed by atoms with E-state index in [-0.39, 0.29) is 17.5 Å². The van der Waals surface area contributed by atoms with Crippen LogP contribution in [0.3, 0.4) is 0 Å². The van der Waals surface area contributed by atoms with Crippen molar-refractivity contribution in [3.8, 4) is 0 Å². The van der Waals surface area contributed by atoms with Gasteiger partial charge in [0.2, 0.25) is 0 Å². The quantitative estimate of drug-likeness (QED) is 0.687. The number of nitrogens with zero attached hydrogens (tertiary/aromatic N) is 1. The Morgan fingerprint density at radius 1 is 1.35 bits per heavy atom. The van der Waals surface area contributed by atoms with E-state index in [9.17, 15) is 4.79 Å². The van der Waals surface area contributed by atoms with E-state index in [1.165, 1.54) is 7.11 Å². The Bertz CT molecular complexity index is 265. The van der Waals surface area contributed by atoms with Gasteiger partial charge < -0.3 is 14.4 Å². The van der Waals surface area contributed by atoms with Crippen molar-refractivity contribution in [1.29, 1.82) is 0 Å². The van der Waals surface area contributed by atoms with E-state index in [0.29, 0.717) is 5.92 Å². The molecule has 2 unspecified atom stereocenters. The van der Waals surface area contributed by atoms with Gasteiger partial charge in [-0.1, -0.05) is 6.92 Å². The summed E-state index contributed by atoms with van der Waals surface area (Å²) in [5.41, 5.74) is -0.0907. The molecule has 0 spiro atoms. The zero-order valence-electron chi connectivity index (χ0n) is 11.7. The van der Waals surface area contributed by atoms with E-state index < -0.39 is 0 Å². The molecular formula is C13H25NO3. The first-order valence-electron chi connectivity index (χ1n) is 6.25. The number of methoxy groups -OCH3 is 2. The fraction of sp³-hybridized carbons (Fsp3) is 0.923. The van der Waals surface area contributed by atoms with Gasteiger partial charge in [-0.25, -0.2) is 0 Å². The number of likely N-dealkylation sites (tertiary alicyclic amines) is 1. The standard InChI is InChI=1S/C13H25NO3/c1-10-8-14(7-6-13(2,3)17-5)9-11(10)12(15)16-4/h10-11H,6-9H2,1-5H3. The van der Waals surface area contributed by atoms with Crippen molar-refractivity contribution in [2.75, 3.05) is 33.9 Å². The van der Waals surface area contributed by atoms with Crippen LogP contribution in [0, 0.1) is 11.8 Å². The molecule has 0 aliphatic carbocycles. The molecule has 1 heterocycles. The Balaban J connectivity index is 2.42. The van der Waals surface area contributed by atoms with Crippen LogP contribution < -0.4 is 0 Å². The van der Waals surface area contributed by atoms with Crippen molar-refractivity contribution in [3.63, 3.8) is 0 Å². The molecule has 0 amide bonds. The van der Waals surface area contributed by atoms with Gasteiger partial charge in [0.1, 0.15) is 0 Å². The van der Waals surface area contributed by atoms with Crippen LogP contribution in [0.25, 0.3) is 0 Å². The molecule has 0 saturated carbocycles. The molecule has 1 aliphatic heterocycles. The third kappa shape index (κ3) is 3.96. The lowest BCUT2D eigenvalue weighted by molar-refractivity contribution is -0.146. The summed E-state index contributed by atoms with van der Waals surface area (Å²) in [6, 6.07) is 0. The molecule has 17 heavy (non-hydrogen) atoms. The Hall–Kier alpha value is -0.610. The maximum absolute atomic E-state index is 11.6. The second-order valence-electron chi connectivity index (χ2n) is 5.58. The van der Waals surface area contributed by atoms with Crippen LogP contribution in [0.5, 0.6) is 0 Å². The van der Waals surface area contributed by atoms with E-state index in [2.05, 4.69) is 25.7 Å². The highest BCUT2D eigenvalue weighted by Gasteiger charge is 2.35. The first kappa shape index (κ1) is 14.5. The van der Waals surface area contributed by atoms with Gasteiger partial charge in [-0.05, 0) is 26.2 Å². The number of carbonyl (C=O) groups is 1. The monoisotopic (exact) mass is 243 g/mol. The Kier molecular flexibility index (Phi) is 4.95. The smallest absolute Gasteiger partial charge is 0.310 e. The van der Waals surface area contributed by atoms with Crippen LogP contribution >= 0.6 is 0 Å². The molecule has 0 bridgehead atoms. The van der Waals surface area contributed by atoms with E-state index in [0.717, 1.165) is 26.1 Å². The molecule has 0 aromatic heterocycles. The second-order valence-corrected chi connectivity index (χ2v) is 5.58. The molecule has 4 nitrogen and oxygen atoms in total. The van der Waals surface area contributed by atoms with Crippen molar-refractivity contribution in [1.82, 2.24) is 4.90 Å². The Labute approximate surface area is 104 Å². The van der Waals surface area contributed by atoms with Crippen LogP contribution in [-0.2, 0) is 14.3 Å². The minimum atomic E-state index is -0.0907. The lowest BCUT2D eigenvalue weighted by atomic mass is 9.99. The third-order valence-electron chi connectivity index (χ3n) is 3.77. The summed E-state index contributed by atoms with van der Waals surface area (Å²) in [5.74, 6) is 0.338. The summed E-state index contributed by atoms with van der Waals surface area (Å²) in [6.45, 7) is 9.05. The van der Waals surface area contributed by atoms with Gasteiger partial charge >= 0.3 is 5.97 Å². The fourth-order valence-electron chi connectivity index (χ4n) is 2.24. The van der Waals surface area contributed by atoms with Gasteiger partial charge in [0, 0.05) is 26.7 Å². The first-order valence-corrected chi connectivity index (χ1v) is 6.25. The predicted molar refractivity (Wildman–Crippen MR) is 66.8 cm³/mol. The molecule has 0 radical (unpaired) electrons. The van der Waals surface area contributed by atoms with Gasteiger partial charge in [0.25, 0.3) is 0 Å². The number of ether oxygens (including phenoxy) is 2. The van der Waals surface area contributed by atoms with Gasteiger partial charge in [0.05, 0.1) is 18.6 Å². The van der Waals surface area contributed by atoms with Crippen molar-refractivity contribution in [3.05, 3.63) is 0 Å². The van der Waals surface area contributed by atoms with Crippen LogP contribution in [0.2, 0.25) is 0 Å². The maximum Gasteiger partial charge on any atom is 0.310 e. The zero-order chi connectivity index (χ0) is 13.1. The average molecular weight is 243 g/mol. The molecule has 0 aromatic rings. The van der Waals surface area contributed by atoms with Gasteiger partial charge in [-0.3, -0.25) is 4.79 Å². The average Bonchev–Trinajstić information content (AvgIpc) is 2.67. The Morgan fingerprint density at radius 2 is 2.00 bits per heavy atom. The van der Waals surface area contributed by atoms with Crippen molar-refractivity contribution >= 4 is 5.97 Å². The first-order chi connectivity index (χ1) is 7.89. The highest BCUT2D eigenvalue weighted by atomic mass is 16.5. The molecule has 1 aliphatic rings. The number of rotatable bonds is 5. The number of carbonyl (C=O) groups excluding carboxylic acids is 1. The molecule has 100 valence electrons. The molecule has 0 N–H and O–H groups in total. The predicted octanol–water partition coefficient (Wildman–Crippen LogP) is 1.54. The number of hydrogen-bond donors (Lipinski definition) is 0. The number of hydrogen-bond acceptors (Lipinski definition) is 4.